The van der Waals surface area contributed by atoms with Crippen LogP contribution in [0, 0.1) is 5.92 Å². The molecule has 0 amide bonds. The van der Waals surface area contributed by atoms with Crippen LogP contribution >= 0.6 is 0 Å². The van der Waals surface area contributed by atoms with Gasteiger partial charge in [-0.25, -0.2) is 4.68 Å². The summed E-state index contributed by atoms with van der Waals surface area (Å²) in [5, 5.41) is 9.05. The van der Waals surface area contributed by atoms with Crippen LogP contribution in [0.15, 0.2) is 48.8 Å². The van der Waals surface area contributed by atoms with Gasteiger partial charge in [-0.05, 0) is 30.7 Å². The van der Waals surface area contributed by atoms with Crippen LogP contribution in [0.3, 0.4) is 0 Å². The van der Waals surface area contributed by atoms with Crippen molar-refractivity contribution in [1.29, 1.82) is 0 Å². The summed E-state index contributed by atoms with van der Waals surface area (Å²) in [6, 6.07) is 12.3. The van der Waals surface area contributed by atoms with Gasteiger partial charge in [-0.1, -0.05) is 32.0 Å². The Morgan fingerprint density at radius 2 is 2.05 bits per heavy atom. The third kappa shape index (κ3) is 3.11. The highest BCUT2D eigenvalue weighted by Crippen LogP contribution is 2.17. The largest absolute Gasteiger partial charge is 0.311 e. The number of aromatic nitrogens is 3. The van der Waals surface area contributed by atoms with Gasteiger partial charge in [0.05, 0.1) is 23.1 Å². The van der Waals surface area contributed by atoms with Crippen molar-refractivity contribution < 1.29 is 0 Å². The van der Waals surface area contributed by atoms with E-state index in [1.807, 2.05) is 35.3 Å². The highest BCUT2D eigenvalue weighted by molar-refractivity contribution is 5.80. The molecule has 0 unspecified atom stereocenters. The first-order valence-corrected chi connectivity index (χ1v) is 7.33. The first-order chi connectivity index (χ1) is 10.2. The molecule has 0 spiro atoms. The van der Waals surface area contributed by atoms with Crippen molar-refractivity contribution >= 4 is 10.9 Å². The lowest BCUT2D eigenvalue weighted by molar-refractivity contribution is 0.548. The van der Waals surface area contributed by atoms with Crippen LogP contribution in [0.25, 0.3) is 16.6 Å². The molecular weight excluding hydrogens is 260 g/mol. The molecule has 1 aromatic carbocycles. The summed E-state index contributed by atoms with van der Waals surface area (Å²) in [5.74, 6) is 0.642. The molecule has 0 aliphatic carbocycles. The smallest absolute Gasteiger partial charge is 0.0741 e. The van der Waals surface area contributed by atoms with Crippen LogP contribution in [0.1, 0.15) is 19.5 Å². The average Bonchev–Trinajstić information content (AvgIpc) is 2.91. The molecule has 0 bridgehead atoms. The summed E-state index contributed by atoms with van der Waals surface area (Å²) in [4.78, 5) is 4.42. The number of para-hydroxylation sites is 1. The number of nitrogens with one attached hydrogen (secondary N) is 1. The monoisotopic (exact) mass is 280 g/mol. The third-order valence-corrected chi connectivity index (χ3v) is 3.38. The summed E-state index contributed by atoms with van der Waals surface area (Å²) < 4.78 is 1.96. The Hall–Kier alpha value is -2.20. The Morgan fingerprint density at radius 1 is 1.19 bits per heavy atom. The molecule has 3 rings (SSSR count). The van der Waals surface area contributed by atoms with Crippen molar-refractivity contribution in [3.8, 4) is 5.69 Å². The molecule has 0 saturated heterocycles. The van der Waals surface area contributed by atoms with Gasteiger partial charge >= 0.3 is 0 Å². The fourth-order valence-corrected chi connectivity index (χ4v) is 2.36. The van der Waals surface area contributed by atoms with E-state index < -0.39 is 0 Å². The molecule has 2 heterocycles. The first-order valence-electron chi connectivity index (χ1n) is 7.33. The molecule has 2 aromatic heterocycles. The number of rotatable bonds is 5. The Bertz CT molecular complexity index is 730. The zero-order valence-electron chi connectivity index (χ0n) is 12.5. The minimum Gasteiger partial charge on any atom is -0.311 e. The molecule has 0 aliphatic rings. The quantitative estimate of drug-likeness (QED) is 0.780. The van der Waals surface area contributed by atoms with Crippen molar-refractivity contribution in [2.24, 2.45) is 5.92 Å². The van der Waals surface area contributed by atoms with Gasteiger partial charge in [-0.2, -0.15) is 5.10 Å². The van der Waals surface area contributed by atoms with Crippen molar-refractivity contribution in [1.82, 2.24) is 20.1 Å². The van der Waals surface area contributed by atoms with Crippen LogP contribution in [0.4, 0.5) is 0 Å². The summed E-state index contributed by atoms with van der Waals surface area (Å²) >= 11 is 0. The molecule has 0 fully saturated rings. The molecule has 0 saturated carbocycles. The minimum absolute atomic E-state index is 0.642. The van der Waals surface area contributed by atoms with Crippen LogP contribution < -0.4 is 5.32 Å². The van der Waals surface area contributed by atoms with Gasteiger partial charge in [0.2, 0.25) is 0 Å². The van der Waals surface area contributed by atoms with Gasteiger partial charge in [0.25, 0.3) is 0 Å². The van der Waals surface area contributed by atoms with Crippen LogP contribution in [0.2, 0.25) is 0 Å². The Balaban J connectivity index is 1.85. The van der Waals surface area contributed by atoms with Crippen LogP contribution in [-0.4, -0.2) is 21.3 Å². The molecular formula is C17H20N4. The molecule has 3 aromatic rings. The minimum atomic E-state index is 0.642. The lowest BCUT2D eigenvalue weighted by atomic mass is 10.2. The normalized spacial score (nSPS) is 11.4. The lowest BCUT2D eigenvalue weighted by Gasteiger charge is -2.09. The first kappa shape index (κ1) is 13.8. The molecule has 0 aliphatic heterocycles. The van der Waals surface area contributed by atoms with Crippen molar-refractivity contribution in [3.63, 3.8) is 0 Å². The standard InChI is InChI=1S/C17H20N4/c1-13(2)10-18-12-15-9-16(7-8-19-15)21-17-6-4-3-5-14(17)11-20-21/h3-9,11,13,18H,10,12H2,1-2H3. The third-order valence-electron chi connectivity index (χ3n) is 3.38. The number of benzene rings is 1. The van der Waals surface area contributed by atoms with Crippen LogP contribution in [0.5, 0.6) is 0 Å². The summed E-state index contributed by atoms with van der Waals surface area (Å²) in [6.07, 6.45) is 3.74. The Labute approximate surface area is 124 Å². The fourth-order valence-electron chi connectivity index (χ4n) is 2.36. The predicted octanol–water partition coefficient (Wildman–Crippen LogP) is 3.17. The molecule has 4 heteroatoms. The van der Waals surface area contributed by atoms with E-state index in [0.717, 1.165) is 35.4 Å². The number of pyridine rings is 1. The van der Waals surface area contributed by atoms with Gasteiger partial charge in [0.15, 0.2) is 0 Å². The van der Waals surface area contributed by atoms with Gasteiger partial charge in [0.1, 0.15) is 0 Å². The second-order valence-corrected chi connectivity index (χ2v) is 5.65. The summed E-state index contributed by atoms with van der Waals surface area (Å²) in [7, 11) is 0. The van der Waals surface area contributed by atoms with E-state index in [1.54, 1.807) is 0 Å². The molecule has 4 nitrogen and oxygen atoms in total. The maximum absolute atomic E-state index is 4.48. The van der Waals surface area contributed by atoms with E-state index in [2.05, 4.69) is 47.4 Å². The van der Waals surface area contributed by atoms with Gasteiger partial charge in [-0.15, -0.1) is 0 Å². The molecule has 0 atom stereocenters. The van der Waals surface area contributed by atoms with Crippen molar-refractivity contribution in [3.05, 3.63) is 54.5 Å². The molecule has 21 heavy (non-hydrogen) atoms. The fraction of sp³-hybridized carbons (Fsp3) is 0.294. The van der Waals surface area contributed by atoms with Gasteiger partial charge < -0.3 is 5.32 Å². The maximum atomic E-state index is 4.48. The lowest BCUT2D eigenvalue weighted by Crippen LogP contribution is -2.19. The number of hydrogen-bond donors (Lipinski definition) is 1. The topological polar surface area (TPSA) is 42.7 Å². The molecule has 108 valence electrons. The highest BCUT2D eigenvalue weighted by Gasteiger charge is 2.05. The molecule has 0 radical (unpaired) electrons. The van der Waals surface area contributed by atoms with E-state index in [1.165, 1.54) is 0 Å². The van der Waals surface area contributed by atoms with E-state index in [4.69, 9.17) is 0 Å². The van der Waals surface area contributed by atoms with Gasteiger partial charge in [-0.3, -0.25) is 4.98 Å². The average molecular weight is 280 g/mol. The number of nitrogens with zero attached hydrogens (tertiary/aromatic N) is 3. The summed E-state index contributed by atoms with van der Waals surface area (Å²) in [6.45, 7) is 6.18. The Morgan fingerprint density at radius 3 is 2.90 bits per heavy atom. The summed E-state index contributed by atoms with van der Waals surface area (Å²) in [5.41, 5.74) is 3.20. The zero-order valence-corrected chi connectivity index (χ0v) is 12.5. The maximum Gasteiger partial charge on any atom is 0.0741 e. The number of hydrogen-bond acceptors (Lipinski definition) is 3. The zero-order chi connectivity index (χ0) is 14.7. The van der Waals surface area contributed by atoms with E-state index >= 15 is 0 Å². The van der Waals surface area contributed by atoms with Gasteiger partial charge in [0, 0.05) is 18.1 Å². The van der Waals surface area contributed by atoms with E-state index in [-0.39, 0.29) is 0 Å². The number of fused-ring (bicyclic) bond motifs is 1. The van der Waals surface area contributed by atoms with Crippen molar-refractivity contribution in [2.75, 3.05) is 6.54 Å². The SMILES string of the molecule is CC(C)CNCc1cc(-n2ncc3ccccc32)ccn1. The predicted molar refractivity (Wildman–Crippen MR) is 85.4 cm³/mol. The van der Waals surface area contributed by atoms with E-state index in [9.17, 15) is 0 Å². The second-order valence-electron chi connectivity index (χ2n) is 5.65. The highest BCUT2D eigenvalue weighted by atomic mass is 15.3. The van der Waals surface area contributed by atoms with E-state index in [0.29, 0.717) is 5.92 Å². The molecule has 1 N–H and O–H groups in total. The van der Waals surface area contributed by atoms with Crippen LogP contribution in [-0.2, 0) is 6.54 Å². The van der Waals surface area contributed by atoms with Crippen molar-refractivity contribution in [2.45, 2.75) is 20.4 Å². The Kier molecular flexibility index (Phi) is 3.97. The second kappa shape index (κ2) is 6.06.